The molecule has 0 saturated heterocycles. The van der Waals surface area contributed by atoms with Gasteiger partial charge >= 0.3 is 17.2 Å². The monoisotopic (exact) mass is 290 g/mol. The first-order valence-electron chi connectivity index (χ1n) is 4.46. The Bertz CT molecular complexity index is 308. The molecule has 0 aromatic carbocycles. The Morgan fingerprint density at radius 3 is 2.28 bits per heavy atom. The van der Waals surface area contributed by atoms with E-state index < -0.39 is 41.3 Å². The van der Waals surface area contributed by atoms with Crippen LogP contribution < -0.4 is 0 Å². The number of ether oxygens (including phenoxy) is 2. The van der Waals surface area contributed by atoms with Gasteiger partial charge in [0.2, 0.25) is 0 Å². The lowest BCUT2D eigenvalue weighted by atomic mass is 9.95. The van der Waals surface area contributed by atoms with Crippen LogP contribution in [0.4, 0.5) is 8.78 Å². The second kappa shape index (κ2) is 6.83. The van der Waals surface area contributed by atoms with Crippen molar-refractivity contribution in [1.29, 1.82) is 0 Å². The summed E-state index contributed by atoms with van der Waals surface area (Å²) in [7, 11) is 1.11. The smallest absolute Gasteiger partial charge is 0.415 e. The molecule has 0 amide bonds. The standard InChI is InChI=1S/C8H12F2O7S/c1-7(2,5(11)14-3)4-15-6(12)8(9,10)18-17-16-13/h13H,4H2,1-3H3. The van der Waals surface area contributed by atoms with Crippen molar-refractivity contribution in [1.82, 2.24) is 0 Å². The topological polar surface area (TPSA) is 91.3 Å². The highest BCUT2D eigenvalue weighted by molar-refractivity contribution is 7.96. The Morgan fingerprint density at radius 1 is 1.28 bits per heavy atom. The van der Waals surface area contributed by atoms with Crippen LogP contribution in [0.1, 0.15) is 13.8 Å². The van der Waals surface area contributed by atoms with Gasteiger partial charge < -0.3 is 9.47 Å². The second-order valence-electron chi connectivity index (χ2n) is 3.69. The quantitative estimate of drug-likeness (QED) is 0.325. The average Bonchev–Trinajstić information content (AvgIpc) is 2.32. The van der Waals surface area contributed by atoms with Gasteiger partial charge in [-0.1, -0.05) is 5.04 Å². The minimum Gasteiger partial charge on any atom is -0.469 e. The number of methoxy groups -OCH3 is 1. The number of rotatable bonds is 7. The molecule has 10 heteroatoms. The van der Waals surface area contributed by atoms with Crippen molar-refractivity contribution in [3.8, 4) is 0 Å². The summed E-state index contributed by atoms with van der Waals surface area (Å²) in [6, 6.07) is 0. The molecule has 0 aromatic rings. The van der Waals surface area contributed by atoms with E-state index in [1.807, 2.05) is 0 Å². The molecular weight excluding hydrogens is 278 g/mol. The van der Waals surface area contributed by atoms with Gasteiger partial charge in [-0.05, 0) is 13.8 Å². The van der Waals surface area contributed by atoms with Crippen molar-refractivity contribution in [2.75, 3.05) is 13.7 Å². The van der Waals surface area contributed by atoms with Gasteiger partial charge in [-0.2, -0.15) is 8.78 Å². The summed E-state index contributed by atoms with van der Waals surface area (Å²) < 4.78 is 37.9. The Morgan fingerprint density at radius 2 is 1.83 bits per heavy atom. The highest BCUT2D eigenvalue weighted by Crippen LogP contribution is 2.32. The molecular formula is C8H12F2O7S. The van der Waals surface area contributed by atoms with E-state index in [4.69, 9.17) is 5.26 Å². The maximum absolute atomic E-state index is 12.9. The van der Waals surface area contributed by atoms with Crippen LogP contribution in [0.25, 0.3) is 0 Å². The lowest BCUT2D eigenvalue weighted by molar-refractivity contribution is -0.433. The fraction of sp³-hybridized carbons (Fsp3) is 0.750. The predicted octanol–water partition coefficient (Wildman–Crippen LogP) is 1.39. The molecule has 7 nitrogen and oxygen atoms in total. The molecule has 0 radical (unpaired) electrons. The Kier molecular flexibility index (Phi) is 6.46. The van der Waals surface area contributed by atoms with E-state index in [-0.39, 0.29) is 0 Å². The summed E-state index contributed by atoms with van der Waals surface area (Å²) in [5.41, 5.74) is -1.26. The van der Waals surface area contributed by atoms with Crippen molar-refractivity contribution in [3.05, 3.63) is 0 Å². The molecule has 0 heterocycles. The minimum atomic E-state index is -4.09. The molecule has 106 valence electrons. The summed E-state index contributed by atoms with van der Waals surface area (Å²) in [5, 5.41) is 6.53. The number of hydrogen-bond acceptors (Lipinski definition) is 8. The summed E-state index contributed by atoms with van der Waals surface area (Å²) in [6.45, 7) is 2.10. The van der Waals surface area contributed by atoms with Crippen LogP contribution in [-0.2, 0) is 28.4 Å². The zero-order chi connectivity index (χ0) is 14.4. The third-order valence-corrected chi connectivity index (χ3v) is 2.21. The fourth-order valence-electron chi connectivity index (χ4n) is 0.757. The van der Waals surface area contributed by atoms with E-state index in [1.165, 1.54) is 13.8 Å². The van der Waals surface area contributed by atoms with Gasteiger partial charge in [0.1, 0.15) is 18.6 Å². The van der Waals surface area contributed by atoms with Crippen LogP contribution in [-0.4, -0.2) is 36.2 Å². The van der Waals surface area contributed by atoms with Gasteiger partial charge in [-0.15, -0.1) is 4.33 Å². The number of esters is 2. The maximum atomic E-state index is 12.9. The van der Waals surface area contributed by atoms with Gasteiger partial charge in [-0.3, -0.25) is 4.79 Å². The predicted molar refractivity (Wildman–Crippen MR) is 54.1 cm³/mol. The molecule has 0 rings (SSSR count). The largest absolute Gasteiger partial charge is 0.469 e. The zero-order valence-electron chi connectivity index (χ0n) is 9.77. The summed E-state index contributed by atoms with van der Waals surface area (Å²) in [5.74, 6) is -2.66. The number of carbonyl (C=O) groups excluding carboxylic acids is 2. The number of halogens is 2. The van der Waals surface area contributed by atoms with Crippen LogP contribution in [0.15, 0.2) is 0 Å². The first-order valence-corrected chi connectivity index (χ1v) is 5.21. The van der Waals surface area contributed by atoms with E-state index in [0.29, 0.717) is 0 Å². The van der Waals surface area contributed by atoms with Gasteiger partial charge in [-0.25, -0.2) is 10.1 Å². The summed E-state index contributed by atoms with van der Waals surface area (Å²) >= 11 is -0.745. The fourth-order valence-corrected chi connectivity index (χ4v) is 1.00. The van der Waals surface area contributed by atoms with Crippen LogP contribution >= 0.6 is 12.0 Å². The number of carbonyl (C=O) groups is 2. The highest BCUT2D eigenvalue weighted by Gasteiger charge is 2.45. The first-order chi connectivity index (χ1) is 8.17. The van der Waals surface area contributed by atoms with E-state index in [9.17, 15) is 18.4 Å². The normalized spacial score (nSPS) is 12.1. The lowest BCUT2D eigenvalue weighted by Crippen LogP contribution is -2.35. The first kappa shape index (κ1) is 17.0. The van der Waals surface area contributed by atoms with E-state index >= 15 is 0 Å². The molecule has 0 aliphatic rings. The molecule has 0 aliphatic heterocycles. The minimum absolute atomic E-state index is 0.603. The molecule has 0 fully saturated rings. The zero-order valence-corrected chi connectivity index (χ0v) is 10.6. The Balaban J connectivity index is 4.37. The molecule has 0 bridgehead atoms. The molecule has 0 aromatic heterocycles. The van der Waals surface area contributed by atoms with Crippen molar-refractivity contribution in [2.45, 2.75) is 19.1 Å². The van der Waals surface area contributed by atoms with Crippen LogP contribution in [0, 0.1) is 5.41 Å². The SMILES string of the molecule is COC(=O)C(C)(C)COC(=O)C(F)(F)SOOO. The molecule has 0 aliphatic carbocycles. The number of hydrogen-bond donors (Lipinski definition) is 1. The number of alkyl halides is 2. The van der Waals surface area contributed by atoms with Crippen molar-refractivity contribution in [3.63, 3.8) is 0 Å². The third-order valence-electron chi connectivity index (χ3n) is 1.71. The summed E-state index contributed by atoms with van der Waals surface area (Å²) in [4.78, 5) is 22.1. The lowest BCUT2D eigenvalue weighted by Gasteiger charge is -2.22. The molecule has 18 heavy (non-hydrogen) atoms. The van der Waals surface area contributed by atoms with Crippen LogP contribution in [0.5, 0.6) is 0 Å². The van der Waals surface area contributed by atoms with Gasteiger partial charge in [0.15, 0.2) is 0 Å². The Hall–Kier alpha value is -0.970. The van der Waals surface area contributed by atoms with Crippen molar-refractivity contribution >= 4 is 24.0 Å². The van der Waals surface area contributed by atoms with Crippen molar-refractivity contribution in [2.24, 2.45) is 5.41 Å². The highest BCUT2D eigenvalue weighted by atomic mass is 32.2. The Labute approximate surface area is 105 Å². The second-order valence-corrected chi connectivity index (χ2v) is 4.51. The van der Waals surface area contributed by atoms with Gasteiger partial charge in [0, 0.05) is 0 Å². The third kappa shape index (κ3) is 5.12. The van der Waals surface area contributed by atoms with Gasteiger partial charge in [0.25, 0.3) is 0 Å². The molecule has 0 saturated carbocycles. The summed E-state index contributed by atoms with van der Waals surface area (Å²) in [6.07, 6.45) is 0. The molecule has 1 N–H and O–H groups in total. The molecule has 0 unspecified atom stereocenters. The molecule has 0 spiro atoms. The average molecular weight is 290 g/mol. The maximum Gasteiger partial charge on any atom is 0.415 e. The van der Waals surface area contributed by atoms with E-state index in [1.54, 1.807) is 0 Å². The van der Waals surface area contributed by atoms with Gasteiger partial charge in [0.05, 0.1) is 12.5 Å². The van der Waals surface area contributed by atoms with E-state index in [0.717, 1.165) is 7.11 Å². The van der Waals surface area contributed by atoms with E-state index in [2.05, 4.69) is 18.8 Å². The molecule has 0 atom stereocenters. The van der Waals surface area contributed by atoms with Crippen LogP contribution in [0.2, 0.25) is 0 Å². The van der Waals surface area contributed by atoms with Crippen molar-refractivity contribution < 1.29 is 42.5 Å². The van der Waals surface area contributed by atoms with Crippen LogP contribution in [0.3, 0.4) is 0 Å².